The lowest BCUT2D eigenvalue weighted by atomic mass is 10.1. The van der Waals surface area contributed by atoms with Gasteiger partial charge in [0, 0.05) is 10.4 Å². The molecule has 17 heavy (non-hydrogen) atoms. The molecule has 1 aliphatic heterocycles. The molecular formula is C11H5ClN2O3. The highest BCUT2D eigenvalue weighted by molar-refractivity contribution is 6.32. The molecule has 0 fully saturated rings. The standard InChI is InChI=1S/C11H5ClN2O3/c12-4-1-2-5-6(3-4)13-10(16)8-7(5)9(15)14-11(8)17/h1-3H,(H,13,16)(H,14,15,17). The van der Waals surface area contributed by atoms with Crippen LogP contribution >= 0.6 is 11.6 Å². The van der Waals surface area contributed by atoms with Gasteiger partial charge >= 0.3 is 0 Å². The Balaban J connectivity index is 2.51. The molecule has 1 aromatic heterocycles. The number of carbonyl (C=O) groups is 2. The number of benzene rings is 1. The van der Waals surface area contributed by atoms with Crippen LogP contribution in [0.25, 0.3) is 10.9 Å². The Morgan fingerprint density at radius 3 is 2.65 bits per heavy atom. The minimum absolute atomic E-state index is 0.0789. The second-order valence-electron chi connectivity index (χ2n) is 3.63. The first-order valence-corrected chi connectivity index (χ1v) is 5.13. The van der Waals surface area contributed by atoms with Crippen molar-refractivity contribution in [2.24, 2.45) is 0 Å². The van der Waals surface area contributed by atoms with Gasteiger partial charge in [0.25, 0.3) is 11.8 Å². The molecule has 2 heterocycles. The largest absolute Gasteiger partial charge is 0.493 e. The van der Waals surface area contributed by atoms with Crippen LogP contribution in [0.2, 0.25) is 5.02 Å². The summed E-state index contributed by atoms with van der Waals surface area (Å²) in [7, 11) is 0. The molecule has 0 bridgehead atoms. The summed E-state index contributed by atoms with van der Waals surface area (Å²) in [5.41, 5.74) is 0.442. The third-order valence-corrected chi connectivity index (χ3v) is 2.85. The lowest BCUT2D eigenvalue weighted by Crippen LogP contribution is -2.20. The SMILES string of the molecule is O=C1NC(=O)c2c1c(O)nc1cc(Cl)ccc21. The second kappa shape index (κ2) is 3.18. The summed E-state index contributed by atoms with van der Waals surface area (Å²) in [5.74, 6) is -1.63. The molecule has 0 spiro atoms. The van der Waals surface area contributed by atoms with E-state index in [1.54, 1.807) is 12.1 Å². The Labute approximate surface area is 100 Å². The van der Waals surface area contributed by atoms with Crippen LogP contribution in [0, 0.1) is 0 Å². The van der Waals surface area contributed by atoms with E-state index in [-0.39, 0.29) is 11.1 Å². The fraction of sp³-hybridized carbons (Fsp3) is 0. The molecule has 0 radical (unpaired) electrons. The lowest BCUT2D eigenvalue weighted by molar-refractivity contribution is 0.0879. The quantitative estimate of drug-likeness (QED) is 0.692. The van der Waals surface area contributed by atoms with Crippen molar-refractivity contribution in [3.05, 3.63) is 34.3 Å². The predicted molar refractivity (Wildman–Crippen MR) is 60.2 cm³/mol. The number of fused-ring (bicyclic) bond motifs is 3. The molecule has 0 atom stereocenters. The number of hydrogen-bond donors (Lipinski definition) is 2. The summed E-state index contributed by atoms with van der Waals surface area (Å²) in [6.07, 6.45) is 0. The van der Waals surface area contributed by atoms with E-state index in [1.165, 1.54) is 6.07 Å². The molecule has 2 amide bonds. The molecule has 2 N–H and O–H groups in total. The van der Waals surface area contributed by atoms with Gasteiger partial charge in [-0.2, -0.15) is 0 Å². The highest BCUT2D eigenvalue weighted by atomic mass is 35.5. The van der Waals surface area contributed by atoms with Gasteiger partial charge in [0.2, 0.25) is 5.88 Å². The number of pyridine rings is 1. The summed E-state index contributed by atoms with van der Waals surface area (Å²) < 4.78 is 0. The number of hydrogen-bond acceptors (Lipinski definition) is 4. The van der Waals surface area contributed by atoms with Crippen LogP contribution in [0.15, 0.2) is 18.2 Å². The molecular weight excluding hydrogens is 244 g/mol. The van der Waals surface area contributed by atoms with E-state index in [9.17, 15) is 14.7 Å². The minimum atomic E-state index is -0.633. The Hall–Kier alpha value is -2.14. The van der Waals surface area contributed by atoms with Crippen molar-refractivity contribution in [3.63, 3.8) is 0 Å². The van der Waals surface area contributed by atoms with Crippen LogP contribution in [0.1, 0.15) is 20.7 Å². The van der Waals surface area contributed by atoms with Crippen molar-refractivity contribution in [2.45, 2.75) is 0 Å². The summed E-state index contributed by atoms with van der Waals surface area (Å²) in [4.78, 5) is 26.9. The third-order valence-electron chi connectivity index (χ3n) is 2.61. The van der Waals surface area contributed by atoms with Crippen LogP contribution < -0.4 is 5.32 Å². The minimum Gasteiger partial charge on any atom is -0.493 e. The fourth-order valence-electron chi connectivity index (χ4n) is 1.90. The molecule has 2 aromatic rings. The Morgan fingerprint density at radius 2 is 1.88 bits per heavy atom. The van der Waals surface area contributed by atoms with Crippen molar-refractivity contribution < 1.29 is 14.7 Å². The number of nitrogens with zero attached hydrogens (tertiary/aromatic N) is 1. The molecule has 3 rings (SSSR count). The van der Waals surface area contributed by atoms with Crippen LogP contribution in [0.5, 0.6) is 5.88 Å². The molecule has 6 heteroatoms. The van der Waals surface area contributed by atoms with Gasteiger partial charge in [0.15, 0.2) is 0 Å². The van der Waals surface area contributed by atoms with E-state index in [0.29, 0.717) is 15.9 Å². The van der Waals surface area contributed by atoms with Crippen LogP contribution in [-0.4, -0.2) is 21.9 Å². The highest BCUT2D eigenvalue weighted by Crippen LogP contribution is 2.31. The summed E-state index contributed by atoms with van der Waals surface area (Å²) in [6.45, 7) is 0. The van der Waals surface area contributed by atoms with Crippen molar-refractivity contribution in [3.8, 4) is 5.88 Å². The van der Waals surface area contributed by atoms with Crippen molar-refractivity contribution in [1.82, 2.24) is 10.3 Å². The fourth-order valence-corrected chi connectivity index (χ4v) is 2.07. The van der Waals surface area contributed by atoms with E-state index in [4.69, 9.17) is 11.6 Å². The number of aromatic nitrogens is 1. The molecule has 1 aromatic carbocycles. The van der Waals surface area contributed by atoms with Crippen LogP contribution in [-0.2, 0) is 0 Å². The predicted octanol–water partition coefficient (Wildman–Crippen LogP) is 1.48. The number of halogens is 1. The van der Waals surface area contributed by atoms with Crippen molar-refractivity contribution in [1.29, 1.82) is 0 Å². The number of carbonyl (C=O) groups excluding carboxylic acids is 2. The number of aromatic hydroxyl groups is 1. The number of rotatable bonds is 0. The Kier molecular flexibility index (Phi) is 1.88. The highest BCUT2D eigenvalue weighted by Gasteiger charge is 2.33. The van der Waals surface area contributed by atoms with Gasteiger partial charge in [-0.1, -0.05) is 17.7 Å². The number of amides is 2. The average Bonchev–Trinajstić information content (AvgIpc) is 2.55. The van der Waals surface area contributed by atoms with Crippen LogP contribution in [0.4, 0.5) is 0 Å². The zero-order chi connectivity index (χ0) is 12.2. The Bertz CT molecular complexity index is 697. The summed E-state index contributed by atoms with van der Waals surface area (Å²) >= 11 is 5.80. The normalized spacial score (nSPS) is 13.9. The summed E-state index contributed by atoms with van der Waals surface area (Å²) in [6, 6.07) is 4.72. The molecule has 0 saturated carbocycles. The monoisotopic (exact) mass is 248 g/mol. The molecule has 0 saturated heterocycles. The van der Waals surface area contributed by atoms with Crippen LogP contribution in [0.3, 0.4) is 0 Å². The lowest BCUT2D eigenvalue weighted by Gasteiger charge is -2.03. The van der Waals surface area contributed by atoms with E-state index in [2.05, 4.69) is 10.3 Å². The molecule has 0 aliphatic carbocycles. The average molecular weight is 249 g/mol. The van der Waals surface area contributed by atoms with E-state index in [1.807, 2.05) is 0 Å². The van der Waals surface area contributed by atoms with Gasteiger partial charge < -0.3 is 5.11 Å². The molecule has 5 nitrogen and oxygen atoms in total. The first-order chi connectivity index (χ1) is 8.08. The van der Waals surface area contributed by atoms with Gasteiger partial charge in [-0.15, -0.1) is 0 Å². The third kappa shape index (κ3) is 1.29. The molecule has 84 valence electrons. The van der Waals surface area contributed by atoms with Crippen molar-refractivity contribution in [2.75, 3.05) is 0 Å². The van der Waals surface area contributed by atoms with E-state index >= 15 is 0 Å². The van der Waals surface area contributed by atoms with E-state index in [0.717, 1.165) is 0 Å². The Morgan fingerprint density at radius 1 is 1.18 bits per heavy atom. The second-order valence-corrected chi connectivity index (χ2v) is 4.07. The maximum atomic E-state index is 11.6. The first kappa shape index (κ1) is 10.0. The smallest absolute Gasteiger partial charge is 0.264 e. The number of imide groups is 1. The van der Waals surface area contributed by atoms with Gasteiger partial charge in [-0.25, -0.2) is 4.98 Å². The van der Waals surface area contributed by atoms with Gasteiger partial charge in [-0.3, -0.25) is 14.9 Å². The molecule has 0 unspecified atom stereocenters. The topological polar surface area (TPSA) is 79.3 Å². The van der Waals surface area contributed by atoms with Gasteiger partial charge in [-0.05, 0) is 12.1 Å². The van der Waals surface area contributed by atoms with Gasteiger partial charge in [0.05, 0.1) is 11.1 Å². The molecule has 1 aliphatic rings. The van der Waals surface area contributed by atoms with Gasteiger partial charge in [0.1, 0.15) is 5.56 Å². The summed E-state index contributed by atoms with van der Waals surface area (Å²) in [5, 5.41) is 12.7. The maximum absolute atomic E-state index is 11.6. The zero-order valence-corrected chi connectivity index (χ0v) is 9.08. The zero-order valence-electron chi connectivity index (χ0n) is 8.32. The number of nitrogens with one attached hydrogen (secondary N) is 1. The maximum Gasteiger partial charge on any atom is 0.264 e. The first-order valence-electron chi connectivity index (χ1n) is 4.76. The van der Waals surface area contributed by atoms with Crippen molar-refractivity contribution >= 4 is 34.3 Å². The van der Waals surface area contributed by atoms with E-state index < -0.39 is 17.7 Å².